The van der Waals surface area contributed by atoms with Gasteiger partial charge in [0.25, 0.3) is 5.56 Å². The molecule has 0 saturated carbocycles. The van der Waals surface area contributed by atoms with Crippen molar-refractivity contribution < 1.29 is 4.79 Å². The predicted octanol–water partition coefficient (Wildman–Crippen LogP) is 0.907. The summed E-state index contributed by atoms with van der Waals surface area (Å²) in [5.41, 5.74) is 0.343. The number of hydrogen-bond acceptors (Lipinski definition) is 4. The minimum atomic E-state index is -0.549. The number of aromatic amines is 1. The molecule has 0 bridgehead atoms. The molecule has 2 atom stereocenters. The Balaban J connectivity index is 1.44. The van der Waals surface area contributed by atoms with Crippen molar-refractivity contribution in [1.82, 2.24) is 19.4 Å². The molecule has 2 fully saturated rings. The summed E-state index contributed by atoms with van der Waals surface area (Å²) >= 11 is 0. The molecule has 3 heterocycles. The Morgan fingerprint density at radius 1 is 1.00 bits per heavy atom. The second-order valence-corrected chi connectivity index (χ2v) is 8.74. The SMILES string of the molecule is CC12CN(Cc3ccccc3)CC1(C)CN(C(=O)Cn1ccc(=O)[nH]c1=O)C2. The smallest absolute Gasteiger partial charge is 0.328 e. The van der Waals surface area contributed by atoms with Gasteiger partial charge in [0.2, 0.25) is 5.91 Å². The highest BCUT2D eigenvalue weighted by Gasteiger charge is 2.58. The van der Waals surface area contributed by atoms with E-state index in [9.17, 15) is 14.4 Å². The summed E-state index contributed by atoms with van der Waals surface area (Å²) in [7, 11) is 0. The van der Waals surface area contributed by atoms with Gasteiger partial charge in [-0.15, -0.1) is 0 Å². The zero-order valence-corrected chi connectivity index (χ0v) is 16.4. The summed E-state index contributed by atoms with van der Waals surface area (Å²) in [4.78, 5) is 42.4. The molecule has 2 aromatic rings. The molecule has 2 unspecified atom stereocenters. The lowest BCUT2D eigenvalue weighted by Crippen LogP contribution is -2.40. The Hall–Kier alpha value is -2.67. The van der Waals surface area contributed by atoms with E-state index in [2.05, 4.69) is 48.0 Å². The van der Waals surface area contributed by atoms with Crippen LogP contribution >= 0.6 is 0 Å². The molecule has 28 heavy (non-hydrogen) atoms. The van der Waals surface area contributed by atoms with Crippen molar-refractivity contribution in [3.8, 4) is 0 Å². The molecule has 1 N–H and O–H groups in total. The number of aromatic nitrogens is 2. The summed E-state index contributed by atoms with van der Waals surface area (Å²) in [6, 6.07) is 11.7. The molecule has 2 saturated heterocycles. The number of benzene rings is 1. The Morgan fingerprint density at radius 2 is 1.64 bits per heavy atom. The molecule has 2 aliphatic heterocycles. The molecule has 0 radical (unpaired) electrons. The van der Waals surface area contributed by atoms with Crippen molar-refractivity contribution in [1.29, 1.82) is 0 Å². The maximum atomic E-state index is 12.8. The van der Waals surface area contributed by atoms with Gasteiger partial charge >= 0.3 is 5.69 Å². The summed E-state index contributed by atoms with van der Waals surface area (Å²) in [6.07, 6.45) is 1.38. The molecule has 148 valence electrons. The second kappa shape index (κ2) is 6.74. The highest BCUT2D eigenvalue weighted by molar-refractivity contribution is 5.76. The standard InChI is InChI=1S/C21H26N4O3/c1-20-12-23(10-16-6-4-3-5-7-16)13-21(20,2)15-25(14-20)18(27)11-24-9-8-17(26)22-19(24)28/h3-9H,10-15H2,1-2H3,(H,22,26,28). The van der Waals surface area contributed by atoms with Gasteiger partial charge in [-0.25, -0.2) is 4.79 Å². The molecule has 1 amide bonds. The fraction of sp³-hybridized carbons (Fsp3) is 0.476. The van der Waals surface area contributed by atoms with Gasteiger partial charge in [0, 0.05) is 55.8 Å². The third-order valence-electron chi connectivity index (χ3n) is 6.49. The van der Waals surface area contributed by atoms with E-state index >= 15 is 0 Å². The number of amides is 1. The first kappa shape index (κ1) is 18.7. The largest absolute Gasteiger partial charge is 0.340 e. The van der Waals surface area contributed by atoms with E-state index in [1.165, 1.54) is 22.4 Å². The highest BCUT2D eigenvalue weighted by atomic mass is 16.2. The molecule has 1 aromatic heterocycles. The van der Waals surface area contributed by atoms with E-state index in [1.807, 2.05) is 11.0 Å². The third-order valence-corrected chi connectivity index (χ3v) is 6.49. The molecule has 4 rings (SSSR count). The Labute approximate surface area is 163 Å². The summed E-state index contributed by atoms with van der Waals surface area (Å²) < 4.78 is 1.25. The fourth-order valence-corrected chi connectivity index (χ4v) is 4.75. The maximum absolute atomic E-state index is 12.8. The number of carbonyl (C=O) groups excluding carboxylic acids is 1. The molecule has 0 aliphatic carbocycles. The number of nitrogens with one attached hydrogen (secondary N) is 1. The minimum absolute atomic E-state index is 0.0212. The van der Waals surface area contributed by atoms with Gasteiger partial charge in [-0.2, -0.15) is 0 Å². The van der Waals surface area contributed by atoms with Crippen LogP contribution in [-0.2, 0) is 17.9 Å². The molecule has 7 heteroatoms. The van der Waals surface area contributed by atoms with Gasteiger partial charge < -0.3 is 4.90 Å². The normalized spacial score (nSPS) is 27.1. The summed E-state index contributed by atoms with van der Waals surface area (Å²) in [6.45, 7) is 8.66. The van der Waals surface area contributed by atoms with E-state index in [0.717, 1.165) is 19.6 Å². The van der Waals surface area contributed by atoms with Crippen molar-refractivity contribution in [2.45, 2.75) is 26.9 Å². The first-order valence-electron chi connectivity index (χ1n) is 9.62. The number of hydrogen-bond donors (Lipinski definition) is 1. The number of rotatable bonds is 4. The van der Waals surface area contributed by atoms with E-state index in [4.69, 9.17) is 0 Å². The van der Waals surface area contributed by atoms with Gasteiger partial charge in [-0.05, 0) is 5.56 Å². The van der Waals surface area contributed by atoms with Gasteiger partial charge in [-0.1, -0.05) is 44.2 Å². The monoisotopic (exact) mass is 382 g/mol. The summed E-state index contributed by atoms with van der Waals surface area (Å²) in [5.74, 6) is -0.0828. The van der Waals surface area contributed by atoms with Crippen LogP contribution in [0, 0.1) is 10.8 Å². The number of H-pyrrole nitrogens is 1. The lowest BCUT2D eigenvalue weighted by Gasteiger charge is -2.30. The second-order valence-electron chi connectivity index (χ2n) is 8.74. The van der Waals surface area contributed by atoms with Crippen LogP contribution in [0.25, 0.3) is 0 Å². The number of nitrogens with zero attached hydrogens (tertiary/aromatic N) is 3. The van der Waals surface area contributed by atoms with Crippen LogP contribution < -0.4 is 11.2 Å². The lowest BCUT2D eigenvalue weighted by molar-refractivity contribution is -0.131. The van der Waals surface area contributed by atoms with Gasteiger partial charge in [-0.3, -0.25) is 24.0 Å². The van der Waals surface area contributed by atoms with Crippen LogP contribution in [0.1, 0.15) is 19.4 Å². The molecule has 7 nitrogen and oxygen atoms in total. The zero-order chi connectivity index (χ0) is 19.9. The number of fused-ring (bicyclic) bond motifs is 1. The molecule has 1 aromatic carbocycles. The van der Waals surface area contributed by atoms with Crippen LogP contribution in [0.3, 0.4) is 0 Å². The first-order chi connectivity index (χ1) is 13.3. The van der Waals surface area contributed by atoms with Crippen LogP contribution in [0.15, 0.2) is 52.2 Å². The highest BCUT2D eigenvalue weighted by Crippen LogP contribution is 2.51. The van der Waals surface area contributed by atoms with Crippen molar-refractivity contribution in [3.05, 3.63) is 69.0 Å². The van der Waals surface area contributed by atoms with Crippen LogP contribution in [-0.4, -0.2) is 51.4 Å². The minimum Gasteiger partial charge on any atom is -0.340 e. The van der Waals surface area contributed by atoms with Crippen LogP contribution in [0.5, 0.6) is 0 Å². The number of carbonyl (C=O) groups is 1. The Kier molecular flexibility index (Phi) is 4.50. The summed E-state index contributed by atoms with van der Waals surface area (Å²) in [5, 5.41) is 0. The van der Waals surface area contributed by atoms with Gasteiger partial charge in [0.1, 0.15) is 6.54 Å². The van der Waals surface area contributed by atoms with Gasteiger partial charge in [0.15, 0.2) is 0 Å². The maximum Gasteiger partial charge on any atom is 0.328 e. The topological polar surface area (TPSA) is 78.4 Å². The molecule has 0 spiro atoms. The van der Waals surface area contributed by atoms with E-state index in [0.29, 0.717) is 13.1 Å². The van der Waals surface area contributed by atoms with E-state index < -0.39 is 11.2 Å². The fourth-order valence-electron chi connectivity index (χ4n) is 4.75. The predicted molar refractivity (Wildman–Crippen MR) is 106 cm³/mol. The van der Waals surface area contributed by atoms with E-state index in [1.54, 1.807) is 0 Å². The lowest BCUT2D eigenvalue weighted by atomic mass is 9.71. The Bertz CT molecular complexity index is 978. The average Bonchev–Trinajstić information content (AvgIpc) is 3.02. The van der Waals surface area contributed by atoms with E-state index in [-0.39, 0.29) is 23.3 Å². The van der Waals surface area contributed by atoms with Gasteiger partial charge in [0.05, 0.1) is 0 Å². The molecular formula is C21H26N4O3. The zero-order valence-electron chi connectivity index (χ0n) is 16.4. The van der Waals surface area contributed by atoms with Crippen molar-refractivity contribution in [2.75, 3.05) is 26.2 Å². The van der Waals surface area contributed by atoms with Crippen molar-refractivity contribution in [2.24, 2.45) is 10.8 Å². The Morgan fingerprint density at radius 3 is 2.25 bits per heavy atom. The molecule has 2 aliphatic rings. The average molecular weight is 382 g/mol. The van der Waals surface area contributed by atoms with Crippen LogP contribution in [0.4, 0.5) is 0 Å². The van der Waals surface area contributed by atoms with Crippen molar-refractivity contribution >= 4 is 5.91 Å². The quantitative estimate of drug-likeness (QED) is 0.853. The third kappa shape index (κ3) is 3.30. The first-order valence-corrected chi connectivity index (χ1v) is 9.62. The number of likely N-dealkylation sites (tertiary alicyclic amines) is 2. The molecular weight excluding hydrogens is 356 g/mol. The van der Waals surface area contributed by atoms with Crippen LogP contribution in [0.2, 0.25) is 0 Å². The van der Waals surface area contributed by atoms with Crippen molar-refractivity contribution in [3.63, 3.8) is 0 Å².